The minimum Gasteiger partial charge on any atom is -0.345 e. The summed E-state index contributed by atoms with van der Waals surface area (Å²) in [6.07, 6.45) is 3.15. The van der Waals surface area contributed by atoms with Crippen LogP contribution in [0.1, 0.15) is 48.8 Å². The predicted octanol–water partition coefficient (Wildman–Crippen LogP) is 3.78. The molecule has 5 nitrogen and oxygen atoms in total. The van der Waals surface area contributed by atoms with Crippen LogP contribution in [0.4, 0.5) is 8.78 Å². The van der Waals surface area contributed by atoms with Crippen molar-refractivity contribution in [1.82, 2.24) is 20.1 Å². The first-order chi connectivity index (χ1) is 11.9. The number of nitrogens with one attached hydrogen (secondary N) is 1. The standard InChI is InChI=1S/C18H18F2N4O/c1-10(2)24-17-13(9-22-24)6-14(8-21-17)18(25)23-11(3)12-4-5-15(19)16(20)7-12/h4-11H,1-3H3,(H,23,25)/t11-/m0/s1. The zero-order valence-electron chi connectivity index (χ0n) is 14.1. The van der Waals surface area contributed by atoms with Crippen LogP contribution in [-0.2, 0) is 0 Å². The van der Waals surface area contributed by atoms with E-state index in [1.54, 1.807) is 23.9 Å². The number of amides is 1. The normalized spacial score (nSPS) is 12.6. The minimum atomic E-state index is -0.942. The van der Waals surface area contributed by atoms with Crippen molar-refractivity contribution in [3.05, 3.63) is 59.4 Å². The third-order valence-corrected chi connectivity index (χ3v) is 3.98. The molecule has 25 heavy (non-hydrogen) atoms. The lowest BCUT2D eigenvalue weighted by molar-refractivity contribution is 0.0939. The van der Waals surface area contributed by atoms with Gasteiger partial charge in [0.05, 0.1) is 17.8 Å². The Morgan fingerprint density at radius 3 is 2.56 bits per heavy atom. The van der Waals surface area contributed by atoms with Gasteiger partial charge >= 0.3 is 0 Å². The number of hydrogen-bond donors (Lipinski definition) is 1. The zero-order chi connectivity index (χ0) is 18.1. The fourth-order valence-corrected chi connectivity index (χ4v) is 2.59. The first-order valence-electron chi connectivity index (χ1n) is 7.96. The Morgan fingerprint density at radius 2 is 1.88 bits per heavy atom. The number of rotatable bonds is 4. The molecule has 0 spiro atoms. The quantitative estimate of drug-likeness (QED) is 0.783. The molecule has 0 aliphatic heterocycles. The molecule has 0 unspecified atom stereocenters. The van der Waals surface area contributed by atoms with Gasteiger partial charge < -0.3 is 5.32 Å². The van der Waals surface area contributed by atoms with E-state index < -0.39 is 17.7 Å². The second-order valence-corrected chi connectivity index (χ2v) is 6.19. The molecule has 0 saturated carbocycles. The smallest absolute Gasteiger partial charge is 0.253 e. The number of aromatic nitrogens is 3. The lowest BCUT2D eigenvalue weighted by Crippen LogP contribution is -2.26. The van der Waals surface area contributed by atoms with Crippen molar-refractivity contribution in [2.24, 2.45) is 0 Å². The van der Waals surface area contributed by atoms with Gasteiger partial charge in [-0.2, -0.15) is 5.10 Å². The summed E-state index contributed by atoms with van der Waals surface area (Å²) in [6.45, 7) is 5.70. The number of hydrogen-bond acceptors (Lipinski definition) is 3. The number of carbonyl (C=O) groups is 1. The van der Waals surface area contributed by atoms with Crippen molar-refractivity contribution in [2.75, 3.05) is 0 Å². The lowest BCUT2D eigenvalue weighted by Gasteiger charge is -2.14. The van der Waals surface area contributed by atoms with E-state index in [1.807, 2.05) is 13.8 Å². The van der Waals surface area contributed by atoms with Gasteiger partial charge in [-0.3, -0.25) is 4.79 Å². The highest BCUT2D eigenvalue weighted by Gasteiger charge is 2.15. The van der Waals surface area contributed by atoms with E-state index in [0.29, 0.717) is 16.8 Å². The largest absolute Gasteiger partial charge is 0.345 e. The Hall–Kier alpha value is -2.83. The van der Waals surface area contributed by atoms with Gasteiger partial charge in [0.2, 0.25) is 0 Å². The third kappa shape index (κ3) is 3.35. The van der Waals surface area contributed by atoms with Gasteiger partial charge in [0.25, 0.3) is 5.91 Å². The SMILES string of the molecule is CC(C)n1ncc2cc(C(=O)N[C@@H](C)c3ccc(F)c(F)c3)cnc21. The topological polar surface area (TPSA) is 59.8 Å². The lowest BCUT2D eigenvalue weighted by atomic mass is 10.1. The maximum absolute atomic E-state index is 13.3. The molecule has 0 radical (unpaired) electrons. The molecule has 0 saturated heterocycles. The molecule has 0 aliphatic carbocycles. The molecular weight excluding hydrogens is 326 g/mol. The number of pyridine rings is 1. The minimum absolute atomic E-state index is 0.165. The number of carbonyl (C=O) groups excluding carboxylic acids is 1. The molecule has 0 fully saturated rings. The molecular formula is C18H18F2N4O. The average molecular weight is 344 g/mol. The first-order valence-corrected chi connectivity index (χ1v) is 7.96. The van der Waals surface area contributed by atoms with Gasteiger partial charge in [-0.1, -0.05) is 6.07 Å². The fourth-order valence-electron chi connectivity index (χ4n) is 2.59. The van der Waals surface area contributed by atoms with Crippen LogP contribution in [0, 0.1) is 11.6 Å². The molecule has 7 heteroatoms. The molecule has 3 aromatic rings. The van der Waals surface area contributed by atoms with Crippen molar-refractivity contribution in [1.29, 1.82) is 0 Å². The molecule has 1 aromatic carbocycles. The fraction of sp³-hybridized carbons (Fsp3) is 0.278. The Morgan fingerprint density at radius 1 is 1.12 bits per heavy atom. The van der Waals surface area contributed by atoms with Crippen LogP contribution in [0.3, 0.4) is 0 Å². The second-order valence-electron chi connectivity index (χ2n) is 6.19. The van der Waals surface area contributed by atoms with E-state index in [2.05, 4.69) is 15.4 Å². The molecule has 130 valence electrons. The highest BCUT2D eigenvalue weighted by atomic mass is 19.2. The van der Waals surface area contributed by atoms with E-state index in [-0.39, 0.29) is 11.9 Å². The highest BCUT2D eigenvalue weighted by Crippen LogP contribution is 2.19. The van der Waals surface area contributed by atoms with E-state index in [4.69, 9.17) is 0 Å². The van der Waals surface area contributed by atoms with Gasteiger partial charge in [-0.25, -0.2) is 18.4 Å². The Balaban J connectivity index is 1.80. The summed E-state index contributed by atoms with van der Waals surface area (Å²) >= 11 is 0. The number of fused-ring (bicyclic) bond motifs is 1. The zero-order valence-corrected chi connectivity index (χ0v) is 14.1. The molecule has 1 amide bonds. The van der Waals surface area contributed by atoms with Crippen LogP contribution in [0.2, 0.25) is 0 Å². The van der Waals surface area contributed by atoms with Crippen LogP contribution in [0.15, 0.2) is 36.7 Å². The van der Waals surface area contributed by atoms with Gasteiger partial charge in [0, 0.05) is 17.6 Å². The Labute approximate surface area is 143 Å². The molecule has 2 heterocycles. The molecule has 1 atom stereocenters. The van der Waals surface area contributed by atoms with Gasteiger partial charge in [-0.05, 0) is 44.5 Å². The van der Waals surface area contributed by atoms with Crippen molar-refractivity contribution in [3.8, 4) is 0 Å². The van der Waals surface area contributed by atoms with Crippen molar-refractivity contribution in [2.45, 2.75) is 32.9 Å². The Kier molecular flexibility index (Phi) is 4.48. The number of halogens is 2. The predicted molar refractivity (Wildman–Crippen MR) is 90.2 cm³/mol. The van der Waals surface area contributed by atoms with E-state index in [9.17, 15) is 13.6 Å². The van der Waals surface area contributed by atoms with Crippen molar-refractivity contribution < 1.29 is 13.6 Å². The summed E-state index contributed by atoms with van der Waals surface area (Å²) in [6, 6.07) is 4.96. The van der Waals surface area contributed by atoms with Gasteiger partial charge in [0.1, 0.15) is 0 Å². The summed E-state index contributed by atoms with van der Waals surface area (Å²) in [5.74, 6) is -2.20. The third-order valence-electron chi connectivity index (χ3n) is 3.98. The summed E-state index contributed by atoms with van der Waals surface area (Å²) < 4.78 is 28.1. The van der Waals surface area contributed by atoms with Crippen LogP contribution >= 0.6 is 0 Å². The number of benzene rings is 1. The Bertz CT molecular complexity index is 936. The molecule has 0 aliphatic rings. The highest BCUT2D eigenvalue weighted by molar-refractivity contribution is 5.97. The van der Waals surface area contributed by atoms with E-state index >= 15 is 0 Å². The molecule has 0 bridgehead atoms. The van der Waals surface area contributed by atoms with E-state index in [1.165, 1.54) is 12.3 Å². The molecule has 1 N–H and O–H groups in total. The summed E-state index contributed by atoms with van der Waals surface area (Å²) in [5.41, 5.74) is 1.57. The van der Waals surface area contributed by atoms with Crippen LogP contribution in [0.25, 0.3) is 11.0 Å². The maximum atomic E-state index is 13.3. The monoisotopic (exact) mass is 344 g/mol. The first kappa shape index (κ1) is 17.0. The maximum Gasteiger partial charge on any atom is 0.253 e. The van der Waals surface area contributed by atoms with Crippen molar-refractivity contribution >= 4 is 16.9 Å². The second kappa shape index (κ2) is 6.58. The molecule has 2 aromatic heterocycles. The van der Waals surface area contributed by atoms with Crippen LogP contribution in [0.5, 0.6) is 0 Å². The van der Waals surface area contributed by atoms with Crippen LogP contribution in [-0.4, -0.2) is 20.7 Å². The summed E-state index contributed by atoms with van der Waals surface area (Å²) in [7, 11) is 0. The van der Waals surface area contributed by atoms with E-state index in [0.717, 1.165) is 17.5 Å². The number of nitrogens with zero attached hydrogens (tertiary/aromatic N) is 3. The van der Waals surface area contributed by atoms with Crippen LogP contribution < -0.4 is 5.32 Å². The summed E-state index contributed by atoms with van der Waals surface area (Å²) in [5, 5.41) is 7.79. The summed E-state index contributed by atoms with van der Waals surface area (Å²) in [4.78, 5) is 16.7. The van der Waals surface area contributed by atoms with Gasteiger partial charge in [0.15, 0.2) is 17.3 Å². The van der Waals surface area contributed by atoms with Gasteiger partial charge in [-0.15, -0.1) is 0 Å². The van der Waals surface area contributed by atoms with Crippen molar-refractivity contribution in [3.63, 3.8) is 0 Å². The average Bonchev–Trinajstić information content (AvgIpc) is 3.00. The molecule has 3 rings (SSSR count).